The maximum atomic E-state index is 12.0. The summed E-state index contributed by atoms with van der Waals surface area (Å²) >= 11 is 11.6. The van der Waals surface area contributed by atoms with Gasteiger partial charge in [0.05, 0.1) is 12.5 Å². The molecule has 0 fully saturated rings. The lowest BCUT2D eigenvalue weighted by Crippen LogP contribution is -2.34. The molecule has 0 radical (unpaired) electrons. The number of amides is 2. The maximum Gasteiger partial charge on any atom is 0.312 e. The fourth-order valence-corrected chi connectivity index (χ4v) is 2.44. The number of primary amides is 1. The van der Waals surface area contributed by atoms with Crippen LogP contribution in [0.1, 0.15) is 18.0 Å². The molecule has 0 saturated heterocycles. The summed E-state index contributed by atoms with van der Waals surface area (Å²) in [5.74, 6) is 0.137. The summed E-state index contributed by atoms with van der Waals surface area (Å²) in [5, 5.41) is 3.68. The normalized spacial score (nSPS) is 11.5. The van der Waals surface area contributed by atoms with Crippen LogP contribution in [-0.2, 0) is 9.53 Å². The Bertz CT molecular complexity index is 736. The van der Waals surface area contributed by atoms with Gasteiger partial charge in [0.1, 0.15) is 19.0 Å². The number of esters is 1. The van der Waals surface area contributed by atoms with Crippen molar-refractivity contribution in [3.05, 3.63) is 64.1 Å². The summed E-state index contributed by atoms with van der Waals surface area (Å²) in [6.45, 7) is 0.271. The molecule has 26 heavy (non-hydrogen) atoms. The quantitative estimate of drug-likeness (QED) is 0.525. The molecule has 2 amide bonds. The third-order valence-electron chi connectivity index (χ3n) is 3.39. The molecule has 0 aliphatic rings. The molecule has 0 unspecified atom stereocenters. The van der Waals surface area contributed by atoms with Crippen LogP contribution < -0.4 is 15.8 Å². The first-order chi connectivity index (χ1) is 12.4. The third kappa shape index (κ3) is 6.82. The monoisotopic (exact) mass is 396 g/mol. The van der Waals surface area contributed by atoms with E-state index < -0.39 is 18.0 Å². The topological polar surface area (TPSA) is 90.7 Å². The average Bonchev–Trinajstić information content (AvgIpc) is 2.60. The molecular weight excluding hydrogens is 379 g/mol. The Morgan fingerprint density at radius 3 is 2.12 bits per heavy atom. The molecule has 6 nitrogen and oxygen atoms in total. The van der Waals surface area contributed by atoms with Gasteiger partial charge >= 0.3 is 12.0 Å². The number of carbonyl (C=O) groups is 2. The summed E-state index contributed by atoms with van der Waals surface area (Å²) in [4.78, 5) is 23.2. The van der Waals surface area contributed by atoms with Crippen molar-refractivity contribution >= 4 is 35.2 Å². The number of carbonyl (C=O) groups excluding carboxylic acids is 2. The molecule has 138 valence electrons. The molecule has 2 rings (SSSR count). The Morgan fingerprint density at radius 1 is 0.962 bits per heavy atom. The van der Waals surface area contributed by atoms with Crippen LogP contribution in [0.4, 0.5) is 4.79 Å². The molecule has 8 heteroatoms. The number of benzene rings is 2. The second-order valence-corrected chi connectivity index (χ2v) is 6.21. The van der Waals surface area contributed by atoms with Gasteiger partial charge in [-0.15, -0.1) is 0 Å². The third-order valence-corrected chi connectivity index (χ3v) is 3.89. The zero-order chi connectivity index (χ0) is 18.9. The van der Waals surface area contributed by atoms with Gasteiger partial charge in [-0.05, 0) is 42.0 Å². The van der Waals surface area contributed by atoms with Gasteiger partial charge in [0.15, 0.2) is 0 Å². The van der Waals surface area contributed by atoms with E-state index in [1.807, 2.05) is 0 Å². The smallest absolute Gasteiger partial charge is 0.312 e. The number of urea groups is 1. The van der Waals surface area contributed by atoms with Gasteiger partial charge in [0.2, 0.25) is 0 Å². The van der Waals surface area contributed by atoms with E-state index in [-0.39, 0.29) is 19.6 Å². The summed E-state index contributed by atoms with van der Waals surface area (Å²) in [6, 6.07) is 12.3. The first kappa shape index (κ1) is 19.9. The van der Waals surface area contributed by atoms with E-state index in [1.165, 1.54) is 0 Å². The van der Waals surface area contributed by atoms with E-state index in [0.29, 0.717) is 21.4 Å². The molecule has 0 saturated carbocycles. The lowest BCUT2D eigenvalue weighted by atomic mass is 10.0. The molecule has 0 aliphatic heterocycles. The maximum absolute atomic E-state index is 12.0. The van der Waals surface area contributed by atoms with Gasteiger partial charge < -0.3 is 20.5 Å². The fraction of sp³-hybridized carbons (Fsp3) is 0.222. The van der Waals surface area contributed by atoms with Crippen LogP contribution in [0.2, 0.25) is 10.0 Å². The van der Waals surface area contributed by atoms with Crippen molar-refractivity contribution in [2.75, 3.05) is 13.2 Å². The van der Waals surface area contributed by atoms with Gasteiger partial charge in [-0.3, -0.25) is 4.79 Å². The van der Waals surface area contributed by atoms with Crippen LogP contribution in [0, 0.1) is 0 Å². The molecular formula is C18H18Cl2N2O4. The van der Waals surface area contributed by atoms with E-state index in [0.717, 1.165) is 0 Å². The van der Waals surface area contributed by atoms with Crippen LogP contribution >= 0.6 is 23.2 Å². The predicted octanol–water partition coefficient (Wildman–Crippen LogP) is 3.72. The van der Waals surface area contributed by atoms with Crippen molar-refractivity contribution in [1.29, 1.82) is 0 Å². The lowest BCUT2D eigenvalue weighted by Gasteiger charge is -2.17. The summed E-state index contributed by atoms with van der Waals surface area (Å²) < 4.78 is 10.6. The molecule has 2 aromatic carbocycles. The minimum Gasteiger partial charge on any atom is -0.490 e. The summed E-state index contributed by atoms with van der Waals surface area (Å²) in [6.07, 6.45) is -0.0640. The first-order valence-corrected chi connectivity index (χ1v) is 8.55. The molecule has 0 heterocycles. The van der Waals surface area contributed by atoms with Gasteiger partial charge in [0.25, 0.3) is 0 Å². The summed E-state index contributed by atoms with van der Waals surface area (Å²) in [7, 11) is 0. The van der Waals surface area contributed by atoms with Crippen LogP contribution in [0.25, 0.3) is 0 Å². The van der Waals surface area contributed by atoms with Gasteiger partial charge in [-0.1, -0.05) is 35.3 Å². The minimum absolute atomic E-state index is 0.0640. The van der Waals surface area contributed by atoms with Crippen molar-refractivity contribution in [1.82, 2.24) is 5.32 Å². The number of hydrogen-bond donors (Lipinski definition) is 2. The Balaban J connectivity index is 1.81. The van der Waals surface area contributed by atoms with Gasteiger partial charge in [-0.25, -0.2) is 4.79 Å². The van der Waals surface area contributed by atoms with Crippen LogP contribution in [0.15, 0.2) is 48.5 Å². The van der Waals surface area contributed by atoms with Crippen molar-refractivity contribution in [3.8, 4) is 5.75 Å². The van der Waals surface area contributed by atoms with Crippen molar-refractivity contribution in [2.24, 2.45) is 5.73 Å². The number of halogens is 2. The zero-order valence-corrected chi connectivity index (χ0v) is 15.3. The minimum atomic E-state index is -0.733. The number of nitrogens with one attached hydrogen (secondary N) is 1. The zero-order valence-electron chi connectivity index (χ0n) is 13.8. The van der Waals surface area contributed by atoms with E-state index in [9.17, 15) is 9.59 Å². The number of ether oxygens (including phenoxy) is 2. The fourth-order valence-electron chi connectivity index (χ4n) is 2.19. The van der Waals surface area contributed by atoms with Crippen molar-refractivity contribution in [3.63, 3.8) is 0 Å². The Labute approximate surface area is 161 Å². The van der Waals surface area contributed by atoms with E-state index in [2.05, 4.69) is 5.32 Å². The Morgan fingerprint density at radius 2 is 1.54 bits per heavy atom. The molecule has 0 aromatic heterocycles. The molecule has 3 N–H and O–H groups in total. The molecule has 0 spiro atoms. The van der Waals surface area contributed by atoms with Crippen LogP contribution in [0.3, 0.4) is 0 Å². The summed E-state index contributed by atoms with van der Waals surface area (Å²) in [5.41, 5.74) is 5.87. The highest BCUT2D eigenvalue weighted by Crippen LogP contribution is 2.20. The molecule has 0 aliphatic carbocycles. The predicted molar refractivity (Wildman–Crippen MR) is 99.4 cm³/mol. The lowest BCUT2D eigenvalue weighted by molar-refractivity contribution is -0.144. The number of rotatable bonds is 8. The van der Waals surface area contributed by atoms with Crippen molar-refractivity contribution in [2.45, 2.75) is 12.5 Å². The largest absolute Gasteiger partial charge is 0.490 e. The molecule has 0 bridgehead atoms. The highest BCUT2D eigenvalue weighted by atomic mass is 35.5. The molecule has 1 atom stereocenters. The number of nitrogens with two attached hydrogens (primary N) is 1. The van der Waals surface area contributed by atoms with Gasteiger partial charge in [0, 0.05) is 10.0 Å². The van der Waals surface area contributed by atoms with E-state index in [1.54, 1.807) is 48.5 Å². The standard InChI is InChI=1S/C18H18Cl2N2O4/c19-13-3-1-12(2-4-13)16(22-18(21)24)11-17(23)26-10-9-25-15-7-5-14(20)6-8-15/h1-8,16H,9-11H2,(H3,21,22,24)/t16-/m1/s1. The number of hydrogen-bond acceptors (Lipinski definition) is 4. The first-order valence-electron chi connectivity index (χ1n) is 7.79. The SMILES string of the molecule is NC(=O)N[C@H](CC(=O)OCCOc1ccc(Cl)cc1)c1ccc(Cl)cc1. The Kier molecular flexibility index (Phi) is 7.56. The van der Waals surface area contributed by atoms with E-state index in [4.69, 9.17) is 38.4 Å². The van der Waals surface area contributed by atoms with Crippen LogP contribution in [0.5, 0.6) is 5.75 Å². The van der Waals surface area contributed by atoms with Crippen molar-refractivity contribution < 1.29 is 19.1 Å². The van der Waals surface area contributed by atoms with Crippen LogP contribution in [-0.4, -0.2) is 25.2 Å². The second kappa shape index (κ2) is 9.89. The van der Waals surface area contributed by atoms with Gasteiger partial charge in [-0.2, -0.15) is 0 Å². The highest BCUT2D eigenvalue weighted by Gasteiger charge is 2.18. The Hall–Kier alpha value is -2.44. The highest BCUT2D eigenvalue weighted by molar-refractivity contribution is 6.30. The molecule has 2 aromatic rings. The average molecular weight is 397 g/mol. The van der Waals surface area contributed by atoms with E-state index >= 15 is 0 Å². The second-order valence-electron chi connectivity index (χ2n) is 5.34.